The van der Waals surface area contributed by atoms with Crippen LogP contribution in [0.3, 0.4) is 0 Å². The number of rotatable bonds is 13. The van der Waals surface area contributed by atoms with Gasteiger partial charge in [0.2, 0.25) is 0 Å². The molecule has 0 amide bonds. The molecular weight excluding hydrogens is 459 g/mol. The van der Waals surface area contributed by atoms with Gasteiger partial charge in [-0.15, -0.1) is 24.0 Å². The van der Waals surface area contributed by atoms with Gasteiger partial charge in [-0.1, -0.05) is 26.7 Å². The summed E-state index contributed by atoms with van der Waals surface area (Å²) in [6.45, 7) is 14.6. The fourth-order valence-electron chi connectivity index (χ4n) is 3.32. The SMILES string of the molecule is CCNC(=NCC(C(CC)CC)N1CCOCC1)NCCOCCOC.I. The molecule has 0 saturated carbocycles. The normalized spacial score (nSPS) is 16.9. The van der Waals surface area contributed by atoms with E-state index in [0.717, 1.165) is 51.9 Å². The molecule has 1 heterocycles. The lowest BCUT2D eigenvalue weighted by Crippen LogP contribution is -2.49. The van der Waals surface area contributed by atoms with Gasteiger partial charge in [-0.25, -0.2) is 0 Å². The maximum Gasteiger partial charge on any atom is 0.191 e. The fourth-order valence-corrected chi connectivity index (χ4v) is 3.32. The molecule has 1 atom stereocenters. The Morgan fingerprint density at radius 1 is 1.07 bits per heavy atom. The van der Waals surface area contributed by atoms with Crippen molar-refractivity contribution in [2.24, 2.45) is 10.9 Å². The van der Waals surface area contributed by atoms with Gasteiger partial charge in [0.15, 0.2) is 5.96 Å². The van der Waals surface area contributed by atoms with Gasteiger partial charge in [0.1, 0.15) is 0 Å². The van der Waals surface area contributed by atoms with Crippen LogP contribution in [-0.2, 0) is 14.2 Å². The van der Waals surface area contributed by atoms with E-state index in [1.54, 1.807) is 7.11 Å². The lowest BCUT2D eigenvalue weighted by atomic mass is 9.92. The van der Waals surface area contributed by atoms with Crippen LogP contribution >= 0.6 is 24.0 Å². The zero-order valence-corrected chi connectivity index (χ0v) is 20.0. The lowest BCUT2D eigenvalue weighted by Gasteiger charge is -2.38. The highest BCUT2D eigenvalue weighted by atomic mass is 127. The van der Waals surface area contributed by atoms with E-state index in [0.29, 0.717) is 31.8 Å². The Morgan fingerprint density at radius 3 is 2.37 bits per heavy atom. The summed E-state index contributed by atoms with van der Waals surface area (Å²) in [6.07, 6.45) is 2.37. The van der Waals surface area contributed by atoms with Crippen molar-refractivity contribution in [1.82, 2.24) is 15.5 Å². The summed E-state index contributed by atoms with van der Waals surface area (Å²) < 4.78 is 16.0. The molecule has 0 aromatic carbocycles. The summed E-state index contributed by atoms with van der Waals surface area (Å²) >= 11 is 0. The minimum atomic E-state index is 0. The number of morpholine rings is 1. The number of hydrogen-bond donors (Lipinski definition) is 2. The molecule has 0 bridgehead atoms. The number of hydrogen-bond acceptors (Lipinski definition) is 5. The molecule has 0 aromatic rings. The van der Waals surface area contributed by atoms with E-state index in [-0.39, 0.29) is 24.0 Å². The fraction of sp³-hybridized carbons (Fsp3) is 0.947. The van der Waals surface area contributed by atoms with E-state index in [1.165, 1.54) is 12.8 Å². The Balaban J connectivity index is 0.00000676. The Labute approximate surface area is 183 Å². The number of nitrogens with one attached hydrogen (secondary N) is 2. The molecule has 2 N–H and O–H groups in total. The summed E-state index contributed by atoms with van der Waals surface area (Å²) in [5.41, 5.74) is 0. The third-order valence-electron chi connectivity index (χ3n) is 4.86. The third-order valence-corrected chi connectivity index (χ3v) is 4.86. The minimum absolute atomic E-state index is 0. The molecule has 7 nitrogen and oxygen atoms in total. The first-order chi connectivity index (χ1) is 12.8. The van der Waals surface area contributed by atoms with E-state index >= 15 is 0 Å². The summed E-state index contributed by atoms with van der Waals surface area (Å²) in [7, 11) is 1.68. The van der Waals surface area contributed by atoms with E-state index in [9.17, 15) is 0 Å². The molecule has 162 valence electrons. The molecule has 1 fully saturated rings. The monoisotopic (exact) mass is 500 g/mol. The van der Waals surface area contributed by atoms with Crippen LogP contribution in [0.1, 0.15) is 33.6 Å². The van der Waals surface area contributed by atoms with Gasteiger partial charge in [0.05, 0.1) is 39.6 Å². The molecule has 0 spiro atoms. The molecular formula is C19H41IN4O3. The van der Waals surface area contributed by atoms with Crippen molar-refractivity contribution in [3.8, 4) is 0 Å². The van der Waals surface area contributed by atoms with Gasteiger partial charge in [0, 0.05) is 39.3 Å². The van der Waals surface area contributed by atoms with Crippen LogP contribution in [0.25, 0.3) is 0 Å². The van der Waals surface area contributed by atoms with Crippen LogP contribution < -0.4 is 10.6 Å². The van der Waals surface area contributed by atoms with Gasteiger partial charge in [-0.2, -0.15) is 0 Å². The Morgan fingerprint density at radius 2 is 1.78 bits per heavy atom. The molecule has 27 heavy (non-hydrogen) atoms. The second-order valence-electron chi connectivity index (χ2n) is 6.54. The van der Waals surface area contributed by atoms with Gasteiger partial charge in [-0.3, -0.25) is 9.89 Å². The maximum atomic E-state index is 5.53. The van der Waals surface area contributed by atoms with Crippen LogP contribution in [0.2, 0.25) is 0 Å². The van der Waals surface area contributed by atoms with Gasteiger partial charge in [0.25, 0.3) is 0 Å². The van der Waals surface area contributed by atoms with Crippen molar-refractivity contribution in [2.75, 3.05) is 72.9 Å². The van der Waals surface area contributed by atoms with E-state index < -0.39 is 0 Å². The first-order valence-electron chi connectivity index (χ1n) is 10.2. The predicted molar refractivity (Wildman–Crippen MR) is 122 cm³/mol. The molecule has 1 aliphatic rings. The van der Waals surface area contributed by atoms with Crippen LogP contribution in [-0.4, -0.2) is 89.8 Å². The van der Waals surface area contributed by atoms with Crippen molar-refractivity contribution in [3.05, 3.63) is 0 Å². The standard InChI is InChI=1S/C19H40N4O3.HI/c1-5-17(6-2)18(23-9-12-26-13-10-23)16-22-19(20-7-3)21-8-11-25-15-14-24-4;/h17-18H,5-16H2,1-4H3,(H2,20,21,22);1H. The summed E-state index contributed by atoms with van der Waals surface area (Å²) in [4.78, 5) is 7.43. The van der Waals surface area contributed by atoms with Crippen molar-refractivity contribution in [2.45, 2.75) is 39.7 Å². The number of halogens is 1. The van der Waals surface area contributed by atoms with E-state index in [4.69, 9.17) is 19.2 Å². The highest BCUT2D eigenvalue weighted by Crippen LogP contribution is 2.20. The van der Waals surface area contributed by atoms with Gasteiger partial charge >= 0.3 is 0 Å². The third kappa shape index (κ3) is 11.4. The highest BCUT2D eigenvalue weighted by Gasteiger charge is 2.26. The summed E-state index contributed by atoms with van der Waals surface area (Å²) in [6, 6.07) is 0.474. The lowest BCUT2D eigenvalue weighted by molar-refractivity contribution is 0.00395. The minimum Gasteiger partial charge on any atom is -0.382 e. The molecule has 8 heteroatoms. The molecule has 1 saturated heterocycles. The Kier molecular flexibility index (Phi) is 17.8. The molecule has 1 rings (SSSR count). The summed E-state index contributed by atoms with van der Waals surface area (Å²) in [5.74, 6) is 1.53. The average molecular weight is 500 g/mol. The number of guanidine groups is 1. The highest BCUT2D eigenvalue weighted by molar-refractivity contribution is 14.0. The zero-order chi connectivity index (χ0) is 19.0. The number of aliphatic imine (C=N–C) groups is 1. The Hall–Kier alpha value is -0.160. The summed E-state index contributed by atoms with van der Waals surface area (Å²) in [5, 5.41) is 6.69. The first-order valence-corrected chi connectivity index (χ1v) is 10.2. The van der Waals surface area contributed by atoms with Crippen molar-refractivity contribution in [3.63, 3.8) is 0 Å². The van der Waals surface area contributed by atoms with Crippen LogP contribution in [0.15, 0.2) is 4.99 Å². The van der Waals surface area contributed by atoms with E-state index in [2.05, 4.69) is 36.3 Å². The smallest absolute Gasteiger partial charge is 0.191 e. The van der Waals surface area contributed by atoms with Crippen molar-refractivity contribution in [1.29, 1.82) is 0 Å². The van der Waals surface area contributed by atoms with Gasteiger partial charge < -0.3 is 24.8 Å². The predicted octanol–water partition coefficient (Wildman–Crippen LogP) is 1.96. The molecule has 1 unspecified atom stereocenters. The maximum absolute atomic E-state index is 5.53. The number of ether oxygens (including phenoxy) is 3. The molecule has 0 radical (unpaired) electrons. The van der Waals surface area contributed by atoms with Gasteiger partial charge in [-0.05, 0) is 12.8 Å². The average Bonchev–Trinajstić information content (AvgIpc) is 2.68. The molecule has 0 aliphatic carbocycles. The number of nitrogens with zero attached hydrogens (tertiary/aromatic N) is 2. The molecule has 0 aromatic heterocycles. The van der Waals surface area contributed by atoms with Crippen LogP contribution in [0.4, 0.5) is 0 Å². The zero-order valence-electron chi connectivity index (χ0n) is 17.7. The number of methoxy groups -OCH3 is 1. The quantitative estimate of drug-likeness (QED) is 0.175. The van der Waals surface area contributed by atoms with Crippen LogP contribution in [0.5, 0.6) is 0 Å². The Bertz CT molecular complexity index is 365. The second-order valence-corrected chi connectivity index (χ2v) is 6.54. The van der Waals surface area contributed by atoms with Crippen molar-refractivity contribution < 1.29 is 14.2 Å². The van der Waals surface area contributed by atoms with Crippen LogP contribution in [0, 0.1) is 5.92 Å². The second kappa shape index (κ2) is 17.9. The largest absolute Gasteiger partial charge is 0.382 e. The van der Waals surface area contributed by atoms with Crippen molar-refractivity contribution >= 4 is 29.9 Å². The molecule has 1 aliphatic heterocycles. The first kappa shape index (κ1) is 26.8. The van der Waals surface area contributed by atoms with E-state index in [1.807, 2.05) is 0 Å². The topological polar surface area (TPSA) is 67.4 Å².